The van der Waals surface area contributed by atoms with Gasteiger partial charge >= 0.3 is 0 Å². The number of aryl methyl sites for hydroxylation is 2. The minimum Gasteiger partial charge on any atom is -0.315 e. The molecular weight excluding hydrogens is 200 g/mol. The van der Waals surface area contributed by atoms with Crippen molar-refractivity contribution in [3.05, 3.63) is 42.2 Å². The molecule has 0 bridgehead atoms. The van der Waals surface area contributed by atoms with E-state index in [2.05, 4.69) is 33.6 Å². The second kappa shape index (κ2) is 4.88. The lowest BCUT2D eigenvalue weighted by Gasteiger charge is -2.09. The second-order valence-electron chi connectivity index (χ2n) is 4.10. The monoisotopic (exact) mass is 216 g/mol. The van der Waals surface area contributed by atoms with Gasteiger partial charge in [-0.1, -0.05) is 0 Å². The molecule has 0 radical (unpaired) electrons. The molecule has 4 nitrogen and oxygen atoms in total. The minimum absolute atomic E-state index is 0.419. The molecule has 0 aromatic carbocycles. The summed E-state index contributed by atoms with van der Waals surface area (Å²) < 4.78 is 2.11. The van der Waals surface area contributed by atoms with E-state index in [1.807, 2.05) is 24.5 Å². The van der Waals surface area contributed by atoms with Gasteiger partial charge in [0.2, 0.25) is 0 Å². The molecule has 0 unspecified atom stereocenters. The van der Waals surface area contributed by atoms with Crippen LogP contribution < -0.4 is 0 Å². The van der Waals surface area contributed by atoms with E-state index in [9.17, 15) is 0 Å². The van der Waals surface area contributed by atoms with Crippen molar-refractivity contribution in [3.63, 3.8) is 0 Å². The molecule has 0 aliphatic carbocycles. The molecule has 84 valence electrons. The fraction of sp³-hybridized carbons (Fsp3) is 0.417. The van der Waals surface area contributed by atoms with Crippen molar-refractivity contribution in [2.75, 3.05) is 0 Å². The van der Waals surface area contributed by atoms with E-state index in [1.165, 1.54) is 5.56 Å². The summed E-state index contributed by atoms with van der Waals surface area (Å²) in [5.74, 6) is 1.05. The Morgan fingerprint density at radius 3 is 2.62 bits per heavy atom. The smallest absolute Gasteiger partial charge is 0.133 e. The minimum atomic E-state index is 0.419. The van der Waals surface area contributed by atoms with Crippen molar-refractivity contribution in [3.8, 4) is 0 Å². The first-order chi connectivity index (χ1) is 7.77. The standard InChI is InChI=1S/C12H16N4/c1-10(2)16-9-14-15-12(16)4-3-11-5-7-13-8-6-11/h5-10H,3-4H2,1-2H3. The van der Waals surface area contributed by atoms with E-state index in [-0.39, 0.29) is 0 Å². The summed E-state index contributed by atoms with van der Waals surface area (Å²) in [4.78, 5) is 4.00. The second-order valence-corrected chi connectivity index (χ2v) is 4.10. The summed E-state index contributed by atoms with van der Waals surface area (Å²) in [5.41, 5.74) is 1.29. The zero-order valence-corrected chi connectivity index (χ0v) is 9.67. The van der Waals surface area contributed by atoms with E-state index in [1.54, 1.807) is 6.33 Å². The van der Waals surface area contributed by atoms with Crippen LogP contribution in [0.2, 0.25) is 0 Å². The summed E-state index contributed by atoms with van der Waals surface area (Å²) in [6.07, 6.45) is 7.34. The summed E-state index contributed by atoms with van der Waals surface area (Å²) in [6, 6.07) is 4.49. The van der Waals surface area contributed by atoms with E-state index in [0.717, 1.165) is 18.7 Å². The van der Waals surface area contributed by atoms with Gasteiger partial charge in [0, 0.05) is 24.9 Å². The maximum Gasteiger partial charge on any atom is 0.133 e. The Morgan fingerprint density at radius 2 is 1.94 bits per heavy atom. The Hall–Kier alpha value is -1.71. The number of aromatic nitrogens is 4. The first kappa shape index (κ1) is 10.8. The van der Waals surface area contributed by atoms with Crippen molar-refractivity contribution in [2.45, 2.75) is 32.7 Å². The van der Waals surface area contributed by atoms with Crippen LogP contribution in [0.15, 0.2) is 30.9 Å². The average Bonchev–Trinajstić information content (AvgIpc) is 2.76. The van der Waals surface area contributed by atoms with Crippen molar-refractivity contribution < 1.29 is 0 Å². The van der Waals surface area contributed by atoms with Crippen molar-refractivity contribution in [2.24, 2.45) is 0 Å². The van der Waals surface area contributed by atoms with Gasteiger partial charge in [0.25, 0.3) is 0 Å². The van der Waals surface area contributed by atoms with Crippen LogP contribution in [0.5, 0.6) is 0 Å². The number of hydrogen-bond donors (Lipinski definition) is 0. The van der Waals surface area contributed by atoms with E-state index < -0.39 is 0 Å². The van der Waals surface area contributed by atoms with Gasteiger partial charge in [-0.2, -0.15) is 0 Å². The molecule has 2 aromatic rings. The number of pyridine rings is 1. The topological polar surface area (TPSA) is 43.6 Å². The third-order valence-electron chi connectivity index (χ3n) is 2.59. The Balaban J connectivity index is 2.02. The Labute approximate surface area is 95.4 Å². The Bertz CT molecular complexity index is 433. The van der Waals surface area contributed by atoms with Crippen molar-refractivity contribution >= 4 is 0 Å². The van der Waals surface area contributed by atoms with Gasteiger partial charge in [-0.25, -0.2) is 0 Å². The SMILES string of the molecule is CC(C)n1cnnc1CCc1ccncc1. The van der Waals surface area contributed by atoms with Crippen LogP contribution >= 0.6 is 0 Å². The third kappa shape index (κ3) is 2.45. The first-order valence-corrected chi connectivity index (χ1v) is 5.54. The van der Waals surface area contributed by atoms with Crippen LogP contribution in [-0.4, -0.2) is 19.7 Å². The Morgan fingerprint density at radius 1 is 1.19 bits per heavy atom. The van der Waals surface area contributed by atoms with Crippen LogP contribution in [-0.2, 0) is 12.8 Å². The predicted octanol–water partition coefficient (Wildman–Crippen LogP) is 2.04. The van der Waals surface area contributed by atoms with Gasteiger partial charge < -0.3 is 4.57 Å². The highest BCUT2D eigenvalue weighted by Crippen LogP contribution is 2.09. The van der Waals surface area contributed by atoms with Gasteiger partial charge in [0.1, 0.15) is 12.2 Å². The highest BCUT2D eigenvalue weighted by Gasteiger charge is 2.06. The van der Waals surface area contributed by atoms with Crippen molar-refractivity contribution in [1.29, 1.82) is 0 Å². The molecule has 4 heteroatoms. The van der Waals surface area contributed by atoms with Gasteiger partial charge in [0.15, 0.2) is 0 Å². The maximum atomic E-state index is 4.15. The molecule has 0 amide bonds. The zero-order chi connectivity index (χ0) is 11.4. The molecule has 2 heterocycles. The molecule has 0 aliphatic rings. The number of hydrogen-bond acceptors (Lipinski definition) is 3. The predicted molar refractivity (Wildman–Crippen MR) is 62.1 cm³/mol. The van der Waals surface area contributed by atoms with Crippen LogP contribution in [0.25, 0.3) is 0 Å². The highest BCUT2D eigenvalue weighted by molar-refractivity contribution is 5.11. The zero-order valence-electron chi connectivity index (χ0n) is 9.67. The fourth-order valence-corrected chi connectivity index (χ4v) is 1.68. The van der Waals surface area contributed by atoms with Gasteiger partial charge in [0.05, 0.1) is 0 Å². The van der Waals surface area contributed by atoms with Crippen LogP contribution in [0.1, 0.15) is 31.3 Å². The van der Waals surface area contributed by atoms with Gasteiger partial charge in [-0.15, -0.1) is 10.2 Å². The lowest BCUT2D eigenvalue weighted by molar-refractivity contribution is 0.565. The van der Waals surface area contributed by atoms with Crippen LogP contribution in [0, 0.1) is 0 Å². The molecule has 0 atom stereocenters. The van der Waals surface area contributed by atoms with Gasteiger partial charge in [-0.3, -0.25) is 4.98 Å². The van der Waals surface area contributed by atoms with Gasteiger partial charge in [-0.05, 0) is 38.0 Å². The normalized spacial score (nSPS) is 10.9. The molecule has 0 aliphatic heterocycles. The summed E-state index contributed by atoms with van der Waals surface area (Å²) in [6.45, 7) is 4.28. The molecule has 0 saturated heterocycles. The van der Waals surface area contributed by atoms with Crippen molar-refractivity contribution in [1.82, 2.24) is 19.7 Å². The van der Waals surface area contributed by atoms with E-state index >= 15 is 0 Å². The lowest BCUT2D eigenvalue weighted by Crippen LogP contribution is -2.06. The van der Waals surface area contributed by atoms with E-state index in [4.69, 9.17) is 0 Å². The fourth-order valence-electron chi connectivity index (χ4n) is 1.68. The molecule has 2 rings (SSSR count). The largest absolute Gasteiger partial charge is 0.315 e. The average molecular weight is 216 g/mol. The van der Waals surface area contributed by atoms with Crippen LogP contribution in [0.4, 0.5) is 0 Å². The number of rotatable bonds is 4. The molecular formula is C12H16N4. The van der Waals surface area contributed by atoms with E-state index in [0.29, 0.717) is 6.04 Å². The maximum absolute atomic E-state index is 4.15. The molecule has 0 N–H and O–H groups in total. The number of nitrogens with zero attached hydrogens (tertiary/aromatic N) is 4. The molecule has 0 spiro atoms. The van der Waals surface area contributed by atoms with Crippen LogP contribution in [0.3, 0.4) is 0 Å². The lowest BCUT2D eigenvalue weighted by atomic mass is 10.1. The quantitative estimate of drug-likeness (QED) is 0.785. The molecule has 0 fully saturated rings. The highest BCUT2D eigenvalue weighted by atomic mass is 15.3. The molecule has 0 saturated carbocycles. The summed E-state index contributed by atoms with van der Waals surface area (Å²) in [5, 5.41) is 8.11. The molecule has 16 heavy (non-hydrogen) atoms. The Kier molecular flexibility index (Phi) is 3.29. The summed E-state index contributed by atoms with van der Waals surface area (Å²) >= 11 is 0. The first-order valence-electron chi connectivity index (χ1n) is 5.54. The summed E-state index contributed by atoms with van der Waals surface area (Å²) in [7, 11) is 0. The molecule has 2 aromatic heterocycles. The third-order valence-corrected chi connectivity index (χ3v) is 2.59.